The largest absolute Gasteiger partial charge is 0.493 e. The Labute approximate surface area is 233 Å². The highest BCUT2D eigenvalue weighted by atomic mass is 79.9. The number of hydrogen-bond acceptors (Lipinski definition) is 6. The minimum absolute atomic E-state index is 0.172. The Morgan fingerprint density at radius 1 is 0.641 bits per heavy atom. The van der Waals surface area contributed by atoms with Crippen molar-refractivity contribution in [1.29, 1.82) is 0 Å². The fraction of sp³-hybridized carbons (Fsp3) is 0.0625. The number of carbonyl (C=O) groups excluding carboxylic acids is 2. The highest BCUT2D eigenvalue weighted by molar-refractivity contribution is 9.10. The van der Waals surface area contributed by atoms with Crippen LogP contribution in [0.2, 0.25) is 0 Å². The van der Waals surface area contributed by atoms with Crippen LogP contribution in [0.4, 0.5) is 0 Å². The number of ether oxygens (including phenoxy) is 4. The van der Waals surface area contributed by atoms with E-state index in [9.17, 15) is 9.59 Å². The van der Waals surface area contributed by atoms with E-state index in [2.05, 4.69) is 15.9 Å². The van der Waals surface area contributed by atoms with Gasteiger partial charge in [-0.3, -0.25) is 0 Å². The van der Waals surface area contributed by atoms with Crippen molar-refractivity contribution in [3.63, 3.8) is 0 Å². The molecule has 0 fully saturated rings. The molecule has 0 aliphatic rings. The normalized spacial score (nSPS) is 10.6. The molecule has 0 aliphatic heterocycles. The smallest absolute Gasteiger partial charge is 0.343 e. The number of esters is 2. The van der Waals surface area contributed by atoms with E-state index in [1.807, 2.05) is 60.7 Å². The molecular formula is C32H23BrO6. The molecule has 0 spiro atoms. The molecule has 7 heteroatoms. The number of fused-ring (bicyclic) bond motifs is 1. The van der Waals surface area contributed by atoms with Gasteiger partial charge < -0.3 is 18.9 Å². The molecule has 0 N–H and O–H groups in total. The SMILES string of the molecule is COc1cc(C(=O)Oc2ccc3ccccc3c2)ccc1OC(=O)c1ccc(OCc2ccccc2)c(Br)c1. The van der Waals surface area contributed by atoms with Crippen molar-refractivity contribution >= 4 is 38.6 Å². The number of hydrogen-bond donors (Lipinski definition) is 0. The first-order valence-corrected chi connectivity index (χ1v) is 12.9. The Balaban J connectivity index is 1.25. The van der Waals surface area contributed by atoms with Gasteiger partial charge in [0.15, 0.2) is 11.5 Å². The zero-order valence-corrected chi connectivity index (χ0v) is 22.5. The quantitative estimate of drug-likeness (QED) is 0.138. The van der Waals surface area contributed by atoms with Gasteiger partial charge >= 0.3 is 11.9 Å². The molecule has 0 bridgehead atoms. The third-order valence-corrected chi connectivity index (χ3v) is 6.56. The Kier molecular flexibility index (Phi) is 7.89. The number of methoxy groups -OCH3 is 1. The van der Waals surface area contributed by atoms with Crippen LogP contribution in [-0.2, 0) is 6.61 Å². The van der Waals surface area contributed by atoms with E-state index in [4.69, 9.17) is 18.9 Å². The van der Waals surface area contributed by atoms with Gasteiger partial charge in [0.25, 0.3) is 0 Å². The monoisotopic (exact) mass is 582 g/mol. The van der Waals surface area contributed by atoms with Crippen LogP contribution in [0.25, 0.3) is 10.8 Å². The topological polar surface area (TPSA) is 71.1 Å². The minimum atomic E-state index is -0.588. The third-order valence-electron chi connectivity index (χ3n) is 5.94. The predicted molar refractivity (Wildman–Crippen MR) is 152 cm³/mol. The summed E-state index contributed by atoms with van der Waals surface area (Å²) in [6.07, 6.45) is 0. The van der Waals surface area contributed by atoms with Gasteiger partial charge in [0.1, 0.15) is 18.1 Å². The first-order valence-electron chi connectivity index (χ1n) is 12.1. The lowest BCUT2D eigenvalue weighted by atomic mass is 10.1. The summed E-state index contributed by atoms with van der Waals surface area (Å²) in [4.78, 5) is 25.6. The maximum atomic E-state index is 12.9. The van der Waals surface area contributed by atoms with Crippen LogP contribution < -0.4 is 18.9 Å². The van der Waals surface area contributed by atoms with E-state index in [-0.39, 0.29) is 17.1 Å². The van der Waals surface area contributed by atoms with Gasteiger partial charge in [-0.15, -0.1) is 0 Å². The molecule has 0 saturated carbocycles. The van der Waals surface area contributed by atoms with E-state index in [0.717, 1.165) is 16.3 Å². The number of benzene rings is 5. The van der Waals surface area contributed by atoms with Crippen LogP contribution in [0.5, 0.6) is 23.0 Å². The van der Waals surface area contributed by atoms with Crippen LogP contribution in [0, 0.1) is 0 Å². The van der Waals surface area contributed by atoms with Gasteiger partial charge in [0.2, 0.25) is 0 Å². The first-order chi connectivity index (χ1) is 19.0. The molecule has 0 aromatic heterocycles. The van der Waals surface area contributed by atoms with Gasteiger partial charge in [-0.1, -0.05) is 60.7 Å². The molecule has 0 saturated heterocycles. The molecular weight excluding hydrogens is 560 g/mol. The molecule has 0 radical (unpaired) electrons. The number of halogens is 1. The summed E-state index contributed by atoms with van der Waals surface area (Å²) in [5, 5.41) is 2.01. The molecule has 6 nitrogen and oxygen atoms in total. The molecule has 0 atom stereocenters. The molecule has 5 aromatic carbocycles. The zero-order chi connectivity index (χ0) is 27.2. The lowest BCUT2D eigenvalue weighted by Crippen LogP contribution is -2.11. The van der Waals surface area contributed by atoms with Crippen LogP contribution in [0.1, 0.15) is 26.3 Å². The van der Waals surface area contributed by atoms with Crippen molar-refractivity contribution in [2.45, 2.75) is 6.61 Å². The second kappa shape index (κ2) is 11.8. The highest BCUT2D eigenvalue weighted by Crippen LogP contribution is 2.31. The van der Waals surface area contributed by atoms with Crippen LogP contribution in [0.15, 0.2) is 114 Å². The summed E-state index contributed by atoms with van der Waals surface area (Å²) in [6.45, 7) is 0.399. The number of rotatable bonds is 8. The van der Waals surface area contributed by atoms with E-state index < -0.39 is 11.9 Å². The van der Waals surface area contributed by atoms with E-state index in [1.54, 1.807) is 30.3 Å². The molecule has 39 heavy (non-hydrogen) atoms. The van der Waals surface area contributed by atoms with Gasteiger partial charge in [-0.05, 0) is 80.8 Å². The molecule has 5 aromatic rings. The maximum absolute atomic E-state index is 12.9. The second-order valence-corrected chi connectivity index (χ2v) is 9.43. The van der Waals surface area contributed by atoms with Crippen LogP contribution >= 0.6 is 15.9 Å². The Morgan fingerprint density at radius 2 is 1.31 bits per heavy atom. The molecule has 0 heterocycles. The molecule has 5 rings (SSSR count). The van der Waals surface area contributed by atoms with Crippen LogP contribution in [-0.4, -0.2) is 19.0 Å². The van der Waals surface area contributed by atoms with Gasteiger partial charge in [-0.2, -0.15) is 0 Å². The Hall–Kier alpha value is -4.62. The lowest BCUT2D eigenvalue weighted by molar-refractivity contribution is 0.0728. The van der Waals surface area contributed by atoms with Crippen molar-refractivity contribution in [3.8, 4) is 23.0 Å². The summed E-state index contributed by atoms with van der Waals surface area (Å²) in [5.74, 6) is 0.271. The van der Waals surface area contributed by atoms with E-state index >= 15 is 0 Å². The van der Waals surface area contributed by atoms with Gasteiger partial charge in [0.05, 0.1) is 22.7 Å². The van der Waals surface area contributed by atoms with Gasteiger partial charge in [-0.25, -0.2) is 9.59 Å². The summed E-state index contributed by atoms with van der Waals surface area (Å²) < 4.78 is 23.0. The Bertz CT molecular complexity index is 1650. The second-order valence-electron chi connectivity index (χ2n) is 8.57. The van der Waals surface area contributed by atoms with Crippen molar-refractivity contribution < 1.29 is 28.5 Å². The van der Waals surface area contributed by atoms with Crippen molar-refractivity contribution in [3.05, 3.63) is 130 Å². The van der Waals surface area contributed by atoms with Crippen molar-refractivity contribution in [1.82, 2.24) is 0 Å². The maximum Gasteiger partial charge on any atom is 0.343 e. The summed E-state index contributed by atoms with van der Waals surface area (Å²) in [6, 6.07) is 32.5. The zero-order valence-electron chi connectivity index (χ0n) is 20.9. The van der Waals surface area contributed by atoms with E-state index in [0.29, 0.717) is 28.1 Å². The average molecular weight is 583 g/mol. The molecule has 0 amide bonds. The third kappa shape index (κ3) is 6.27. The summed E-state index contributed by atoms with van der Waals surface area (Å²) in [7, 11) is 1.43. The highest BCUT2D eigenvalue weighted by Gasteiger charge is 2.18. The predicted octanol–water partition coefficient (Wildman–Crippen LogP) is 7.63. The fourth-order valence-electron chi connectivity index (χ4n) is 3.91. The minimum Gasteiger partial charge on any atom is -0.493 e. The van der Waals surface area contributed by atoms with Crippen molar-refractivity contribution in [2.24, 2.45) is 0 Å². The van der Waals surface area contributed by atoms with Gasteiger partial charge in [0, 0.05) is 0 Å². The van der Waals surface area contributed by atoms with E-state index in [1.165, 1.54) is 25.3 Å². The standard InChI is InChI=1S/C32H23BrO6/c1-36-30-19-25(31(34)38-26-14-11-22-9-5-6-10-23(22)17-26)13-16-29(30)39-32(35)24-12-15-28(27(33)18-24)37-20-21-7-3-2-4-8-21/h2-19H,20H2,1H3. The first kappa shape index (κ1) is 26.0. The molecule has 194 valence electrons. The molecule has 0 unspecified atom stereocenters. The van der Waals surface area contributed by atoms with Crippen molar-refractivity contribution in [2.75, 3.05) is 7.11 Å². The summed E-state index contributed by atoms with van der Waals surface area (Å²) >= 11 is 3.46. The fourth-order valence-corrected chi connectivity index (χ4v) is 4.41. The Morgan fingerprint density at radius 3 is 2.05 bits per heavy atom. The number of carbonyl (C=O) groups is 2. The molecule has 0 aliphatic carbocycles. The average Bonchev–Trinajstić information content (AvgIpc) is 2.97. The van der Waals surface area contributed by atoms with Crippen LogP contribution in [0.3, 0.4) is 0 Å². The summed E-state index contributed by atoms with van der Waals surface area (Å²) in [5.41, 5.74) is 1.60. The lowest BCUT2D eigenvalue weighted by Gasteiger charge is -2.12.